The maximum atomic E-state index is 12.6. The third-order valence-corrected chi connectivity index (χ3v) is 4.54. The molecule has 1 amide bonds. The number of hydrogen-bond donors (Lipinski definition) is 3. The summed E-state index contributed by atoms with van der Waals surface area (Å²) in [6.45, 7) is 0. The number of esters is 1. The van der Waals surface area contributed by atoms with Gasteiger partial charge in [0.25, 0.3) is 0 Å². The van der Waals surface area contributed by atoms with Gasteiger partial charge in [0.2, 0.25) is 5.91 Å². The molecule has 0 spiro atoms. The van der Waals surface area contributed by atoms with Gasteiger partial charge in [0.05, 0.1) is 13.2 Å². The molecule has 0 radical (unpaired) electrons. The number of H-pyrrole nitrogens is 1. The molecule has 0 saturated heterocycles. The van der Waals surface area contributed by atoms with Gasteiger partial charge >= 0.3 is 5.97 Å². The number of rotatable bonds is 7. The van der Waals surface area contributed by atoms with Crippen LogP contribution in [0.25, 0.3) is 10.9 Å². The first-order chi connectivity index (χ1) is 13.1. The van der Waals surface area contributed by atoms with E-state index in [1.807, 2.05) is 60.8 Å². The van der Waals surface area contributed by atoms with Gasteiger partial charge in [0.1, 0.15) is 6.04 Å². The lowest BCUT2D eigenvalue weighted by molar-refractivity contribution is -0.145. The van der Waals surface area contributed by atoms with Gasteiger partial charge in [-0.3, -0.25) is 4.79 Å². The Balaban J connectivity index is 1.68. The Morgan fingerprint density at radius 2 is 1.78 bits per heavy atom. The average Bonchev–Trinajstić information content (AvgIpc) is 3.10. The monoisotopic (exact) mass is 365 g/mol. The van der Waals surface area contributed by atoms with Gasteiger partial charge in [-0.2, -0.15) is 0 Å². The van der Waals surface area contributed by atoms with E-state index in [1.165, 1.54) is 7.11 Å². The molecule has 6 heteroatoms. The second-order valence-electron chi connectivity index (χ2n) is 6.44. The summed E-state index contributed by atoms with van der Waals surface area (Å²) in [6, 6.07) is 15.7. The van der Waals surface area contributed by atoms with Gasteiger partial charge in [-0.15, -0.1) is 0 Å². The number of fused-ring (bicyclic) bond motifs is 1. The first-order valence-corrected chi connectivity index (χ1v) is 8.81. The molecule has 0 aliphatic carbocycles. The standard InChI is InChI=1S/C21H23N3O3/c1-27-21(26)19(11-14-7-3-2-4-8-14)24-20(25)17(22)12-15-13-23-18-10-6-5-9-16(15)18/h2-10,13,17,19,23H,11-12,22H2,1H3,(H,24,25)/t17-,19+/m1/s1. The zero-order chi connectivity index (χ0) is 19.2. The van der Waals surface area contributed by atoms with E-state index in [9.17, 15) is 9.59 Å². The van der Waals surface area contributed by atoms with Gasteiger partial charge in [-0.05, 0) is 23.6 Å². The van der Waals surface area contributed by atoms with E-state index in [0.717, 1.165) is 22.0 Å². The van der Waals surface area contributed by atoms with E-state index in [-0.39, 0.29) is 5.91 Å². The molecule has 27 heavy (non-hydrogen) atoms. The number of nitrogens with two attached hydrogens (primary N) is 1. The first kappa shape index (κ1) is 18.7. The molecule has 1 heterocycles. The Morgan fingerprint density at radius 1 is 1.07 bits per heavy atom. The van der Waals surface area contributed by atoms with Crippen molar-refractivity contribution in [2.45, 2.75) is 24.9 Å². The summed E-state index contributed by atoms with van der Waals surface area (Å²) < 4.78 is 4.83. The van der Waals surface area contributed by atoms with Crippen molar-refractivity contribution in [1.29, 1.82) is 0 Å². The number of nitrogens with one attached hydrogen (secondary N) is 2. The quantitative estimate of drug-likeness (QED) is 0.558. The lowest BCUT2D eigenvalue weighted by Gasteiger charge is -2.19. The minimum absolute atomic E-state index is 0.346. The van der Waals surface area contributed by atoms with E-state index in [4.69, 9.17) is 10.5 Å². The van der Waals surface area contributed by atoms with Crippen molar-refractivity contribution in [2.75, 3.05) is 7.11 Å². The number of ether oxygens (including phenoxy) is 1. The second kappa shape index (κ2) is 8.51. The van der Waals surface area contributed by atoms with E-state index >= 15 is 0 Å². The van der Waals surface area contributed by atoms with Crippen LogP contribution in [0.2, 0.25) is 0 Å². The molecule has 6 nitrogen and oxygen atoms in total. The van der Waals surface area contributed by atoms with Gasteiger partial charge in [-0.1, -0.05) is 48.5 Å². The SMILES string of the molecule is COC(=O)[C@H](Cc1ccccc1)NC(=O)[C@H](N)Cc1c[nH]c2ccccc12. The third-order valence-electron chi connectivity index (χ3n) is 4.54. The minimum Gasteiger partial charge on any atom is -0.467 e. The van der Waals surface area contributed by atoms with Crippen molar-refractivity contribution < 1.29 is 14.3 Å². The highest BCUT2D eigenvalue weighted by molar-refractivity contribution is 5.89. The van der Waals surface area contributed by atoms with Gasteiger partial charge in [0, 0.05) is 23.5 Å². The van der Waals surface area contributed by atoms with Crippen LogP contribution >= 0.6 is 0 Å². The van der Waals surface area contributed by atoms with E-state index in [1.54, 1.807) is 0 Å². The number of methoxy groups -OCH3 is 1. The third kappa shape index (κ3) is 4.54. The van der Waals surface area contributed by atoms with Crippen LogP contribution in [-0.2, 0) is 27.2 Å². The van der Waals surface area contributed by atoms with Crippen molar-refractivity contribution in [3.8, 4) is 0 Å². The predicted molar refractivity (Wildman–Crippen MR) is 104 cm³/mol. The summed E-state index contributed by atoms with van der Waals surface area (Å²) in [5.41, 5.74) is 8.99. The normalized spacial score (nSPS) is 13.1. The molecule has 3 rings (SSSR count). The summed E-state index contributed by atoms with van der Waals surface area (Å²) in [6.07, 6.45) is 2.58. The van der Waals surface area contributed by atoms with Crippen LogP contribution in [0.1, 0.15) is 11.1 Å². The minimum atomic E-state index is -0.779. The highest BCUT2D eigenvalue weighted by atomic mass is 16.5. The van der Waals surface area contributed by atoms with Gasteiger partial charge < -0.3 is 20.8 Å². The molecule has 1 aromatic heterocycles. The summed E-state index contributed by atoms with van der Waals surface area (Å²) in [7, 11) is 1.30. The molecule has 0 unspecified atom stereocenters. The molecule has 0 bridgehead atoms. The number of aromatic amines is 1. The van der Waals surface area contributed by atoms with Crippen LogP contribution < -0.4 is 11.1 Å². The molecule has 0 aliphatic heterocycles. The predicted octanol–water partition coefficient (Wildman–Crippen LogP) is 1.94. The van der Waals surface area contributed by atoms with Crippen LogP contribution in [0.3, 0.4) is 0 Å². The Kier molecular flexibility index (Phi) is 5.88. The molecule has 140 valence electrons. The molecule has 0 aliphatic rings. The van der Waals surface area contributed by atoms with Crippen LogP contribution in [0.5, 0.6) is 0 Å². The second-order valence-corrected chi connectivity index (χ2v) is 6.44. The van der Waals surface area contributed by atoms with Crippen molar-refractivity contribution in [3.63, 3.8) is 0 Å². The topological polar surface area (TPSA) is 97.2 Å². The highest BCUT2D eigenvalue weighted by Gasteiger charge is 2.25. The molecular weight excluding hydrogens is 342 g/mol. The van der Waals surface area contributed by atoms with E-state index in [2.05, 4.69) is 10.3 Å². The number of para-hydroxylation sites is 1. The fourth-order valence-electron chi connectivity index (χ4n) is 3.09. The Bertz CT molecular complexity index is 921. The number of carbonyl (C=O) groups excluding carboxylic acids is 2. The fourth-order valence-corrected chi connectivity index (χ4v) is 3.09. The number of carbonyl (C=O) groups is 2. The van der Waals surface area contributed by atoms with Crippen molar-refractivity contribution in [3.05, 3.63) is 71.9 Å². The largest absolute Gasteiger partial charge is 0.467 e. The Morgan fingerprint density at radius 3 is 2.52 bits per heavy atom. The molecule has 3 aromatic rings. The Hall–Kier alpha value is -3.12. The van der Waals surface area contributed by atoms with Crippen LogP contribution in [0.4, 0.5) is 0 Å². The molecule has 0 fully saturated rings. The first-order valence-electron chi connectivity index (χ1n) is 8.81. The van der Waals surface area contributed by atoms with E-state index < -0.39 is 18.1 Å². The maximum Gasteiger partial charge on any atom is 0.328 e. The van der Waals surface area contributed by atoms with Crippen molar-refractivity contribution >= 4 is 22.8 Å². The van der Waals surface area contributed by atoms with Crippen LogP contribution in [0.15, 0.2) is 60.8 Å². The number of amides is 1. The van der Waals surface area contributed by atoms with Crippen molar-refractivity contribution in [1.82, 2.24) is 10.3 Å². The van der Waals surface area contributed by atoms with Crippen molar-refractivity contribution in [2.24, 2.45) is 5.73 Å². The summed E-state index contributed by atoms with van der Waals surface area (Å²) in [5, 5.41) is 3.76. The highest BCUT2D eigenvalue weighted by Crippen LogP contribution is 2.18. The van der Waals surface area contributed by atoms with Crippen LogP contribution in [-0.4, -0.2) is 36.1 Å². The fraction of sp³-hybridized carbons (Fsp3) is 0.238. The zero-order valence-corrected chi connectivity index (χ0v) is 15.1. The van der Waals surface area contributed by atoms with Crippen LogP contribution in [0, 0.1) is 0 Å². The zero-order valence-electron chi connectivity index (χ0n) is 15.1. The van der Waals surface area contributed by atoms with E-state index in [0.29, 0.717) is 12.8 Å². The average molecular weight is 365 g/mol. The molecule has 0 saturated carbocycles. The number of aromatic nitrogens is 1. The number of hydrogen-bond acceptors (Lipinski definition) is 4. The molecule has 2 aromatic carbocycles. The molecular formula is C21H23N3O3. The van der Waals surface area contributed by atoms with Gasteiger partial charge in [0.15, 0.2) is 0 Å². The molecule has 4 N–H and O–H groups in total. The lowest BCUT2D eigenvalue weighted by atomic mass is 10.0. The summed E-state index contributed by atoms with van der Waals surface area (Å²) in [4.78, 5) is 27.8. The van der Waals surface area contributed by atoms with Gasteiger partial charge in [-0.25, -0.2) is 4.79 Å². The summed E-state index contributed by atoms with van der Waals surface area (Å²) >= 11 is 0. The smallest absolute Gasteiger partial charge is 0.328 e. The summed E-state index contributed by atoms with van der Waals surface area (Å²) in [5.74, 6) is -0.877. The number of benzene rings is 2. The molecule has 2 atom stereocenters. The lowest BCUT2D eigenvalue weighted by Crippen LogP contribution is -2.50. The maximum absolute atomic E-state index is 12.6. The Labute approximate surface area is 157 Å².